The van der Waals surface area contributed by atoms with Crippen LogP contribution in [-0.2, 0) is 9.53 Å². The number of methoxy groups -OCH3 is 1. The van der Waals surface area contributed by atoms with Crippen molar-refractivity contribution >= 4 is 17.6 Å². The molecule has 0 atom stereocenters. The molecule has 1 heterocycles. The van der Waals surface area contributed by atoms with Gasteiger partial charge in [0.1, 0.15) is 5.75 Å². The highest BCUT2D eigenvalue weighted by molar-refractivity contribution is 5.96. The Morgan fingerprint density at radius 2 is 1.92 bits per heavy atom. The lowest BCUT2D eigenvalue weighted by molar-refractivity contribution is -0.119. The molecule has 7 nitrogen and oxygen atoms in total. The van der Waals surface area contributed by atoms with E-state index < -0.39 is 18.5 Å². The van der Waals surface area contributed by atoms with E-state index in [1.165, 1.54) is 0 Å². The van der Waals surface area contributed by atoms with Gasteiger partial charge in [0.05, 0.1) is 12.7 Å². The predicted molar refractivity (Wildman–Crippen MR) is 89.2 cm³/mol. The minimum atomic E-state index is -0.569. The molecule has 25 heavy (non-hydrogen) atoms. The van der Waals surface area contributed by atoms with Crippen molar-refractivity contribution in [1.82, 2.24) is 0 Å². The van der Waals surface area contributed by atoms with Crippen molar-refractivity contribution in [3.8, 4) is 17.2 Å². The molecule has 0 saturated carbocycles. The third-order valence-electron chi connectivity index (χ3n) is 3.64. The van der Waals surface area contributed by atoms with Gasteiger partial charge in [-0.05, 0) is 42.8 Å². The summed E-state index contributed by atoms with van der Waals surface area (Å²) in [5.41, 5.74) is 1.63. The van der Waals surface area contributed by atoms with Crippen LogP contribution >= 0.6 is 0 Å². The zero-order valence-corrected chi connectivity index (χ0v) is 13.8. The van der Waals surface area contributed by atoms with E-state index in [1.54, 1.807) is 50.4 Å². The van der Waals surface area contributed by atoms with Gasteiger partial charge in [-0.2, -0.15) is 0 Å². The second kappa shape index (κ2) is 7.12. The highest BCUT2D eigenvalue weighted by Crippen LogP contribution is 2.34. The van der Waals surface area contributed by atoms with Gasteiger partial charge in [0, 0.05) is 11.8 Å². The fourth-order valence-electron chi connectivity index (χ4n) is 2.37. The Morgan fingerprint density at radius 3 is 2.68 bits per heavy atom. The van der Waals surface area contributed by atoms with Gasteiger partial charge in [0.25, 0.3) is 5.91 Å². The number of carbonyl (C=O) groups excluding carboxylic acids is 2. The molecule has 2 aromatic rings. The number of ether oxygens (including phenoxy) is 4. The van der Waals surface area contributed by atoms with Crippen LogP contribution in [0.5, 0.6) is 17.2 Å². The molecule has 7 heteroatoms. The highest BCUT2D eigenvalue weighted by Gasteiger charge is 2.16. The summed E-state index contributed by atoms with van der Waals surface area (Å²) in [6.45, 7) is 1.54. The van der Waals surface area contributed by atoms with Gasteiger partial charge >= 0.3 is 5.97 Å². The average Bonchev–Trinajstić information content (AvgIpc) is 3.07. The summed E-state index contributed by atoms with van der Waals surface area (Å²) in [4.78, 5) is 24.0. The summed E-state index contributed by atoms with van der Waals surface area (Å²) in [5.74, 6) is 0.817. The van der Waals surface area contributed by atoms with Crippen molar-refractivity contribution in [1.29, 1.82) is 0 Å². The third-order valence-corrected chi connectivity index (χ3v) is 3.64. The quantitative estimate of drug-likeness (QED) is 0.840. The summed E-state index contributed by atoms with van der Waals surface area (Å²) in [6.07, 6.45) is 0. The standard InChI is InChI=1S/C18H17NO6/c1-11-7-13(22-2)4-5-14(11)18(21)23-9-17(20)19-12-3-6-15-16(8-12)25-10-24-15/h3-8H,9-10H2,1-2H3,(H,19,20). The molecule has 1 N–H and O–H groups in total. The van der Waals surface area contributed by atoms with Crippen LogP contribution in [0.1, 0.15) is 15.9 Å². The van der Waals surface area contributed by atoms with Gasteiger partial charge in [0.15, 0.2) is 18.1 Å². The molecule has 0 aliphatic carbocycles. The Bertz CT molecular complexity index is 817. The molecular weight excluding hydrogens is 326 g/mol. The summed E-state index contributed by atoms with van der Waals surface area (Å²) >= 11 is 0. The number of aryl methyl sites for hydroxylation is 1. The van der Waals surface area contributed by atoms with Crippen LogP contribution < -0.4 is 19.5 Å². The predicted octanol–water partition coefficient (Wildman–Crippen LogP) is 2.53. The normalized spacial score (nSPS) is 11.8. The van der Waals surface area contributed by atoms with Crippen LogP contribution in [0.15, 0.2) is 36.4 Å². The molecule has 0 bridgehead atoms. The Labute approximate surface area is 144 Å². The van der Waals surface area contributed by atoms with Gasteiger partial charge < -0.3 is 24.3 Å². The second-order valence-electron chi connectivity index (χ2n) is 5.37. The molecule has 1 aliphatic rings. The average molecular weight is 343 g/mol. The first-order valence-electron chi connectivity index (χ1n) is 7.58. The minimum Gasteiger partial charge on any atom is -0.497 e. The first-order valence-corrected chi connectivity index (χ1v) is 7.58. The van der Waals surface area contributed by atoms with Crippen molar-refractivity contribution in [2.75, 3.05) is 25.8 Å². The monoisotopic (exact) mass is 343 g/mol. The number of rotatable bonds is 5. The number of hydrogen-bond donors (Lipinski definition) is 1. The largest absolute Gasteiger partial charge is 0.497 e. The van der Waals surface area contributed by atoms with Crippen LogP contribution in [0.4, 0.5) is 5.69 Å². The first kappa shape index (κ1) is 16.6. The Balaban J connectivity index is 1.56. The molecule has 2 aromatic carbocycles. The number of esters is 1. The van der Waals surface area contributed by atoms with Crippen LogP contribution in [-0.4, -0.2) is 32.4 Å². The lowest BCUT2D eigenvalue weighted by Gasteiger charge is -2.09. The fraction of sp³-hybridized carbons (Fsp3) is 0.222. The van der Waals surface area contributed by atoms with Crippen LogP contribution in [0.25, 0.3) is 0 Å². The molecule has 0 saturated heterocycles. The summed E-state index contributed by atoms with van der Waals surface area (Å²) < 4.78 is 20.6. The minimum absolute atomic E-state index is 0.158. The number of benzene rings is 2. The number of nitrogens with one attached hydrogen (secondary N) is 1. The van der Waals surface area contributed by atoms with E-state index >= 15 is 0 Å². The molecule has 130 valence electrons. The molecule has 1 amide bonds. The van der Waals surface area contributed by atoms with E-state index in [4.69, 9.17) is 18.9 Å². The molecule has 1 aliphatic heterocycles. The van der Waals surface area contributed by atoms with E-state index in [9.17, 15) is 9.59 Å². The summed E-state index contributed by atoms with van der Waals surface area (Å²) in [7, 11) is 1.55. The Morgan fingerprint density at radius 1 is 1.12 bits per heavy atom. The third kappa shape index (κ3) is 3.82. The molecular formula is C18H17NO6. The molecule has 0 unspecified atom stereocenters. The van der Waals surface area contributed by atoms with Crippen LogP contribution in [0, 0.1) is 6.92 Å². The molecule has 0 radical (unpaired) electrons. The van der Waals surface area contributed by atoms with E-state index in [-0.39, 0.29) is 6.79 Å². The van der Waals surface area contributed by atoms with Gasteiger partial charge in [-0.25, -0.2) is 4.79 Å². The van der Waals surface area contributed by atoms with Crippen molar-refractivity contribution < 1.29 is 28.5 Å². The van der Waals surface area contributed by atoms with Gasteiger partial charge in [-0.1, -0.05) is 0 Å². The van der Waals surface area contributed by atoms with Crippen LogP contribution in [0.3, 0.4) is 0 Å². The Kier molecular flexibility index (Phi) is 4.74. The lowest BCUT2D eigenvalue weighted by atomic mass is 10.1. The topological polar surface area (TPSA) is 83.1 Å². The maximum absolute atomic E-state index is 12.1. The van der Waals surface area contributed by atoms with Gasteiger partial charge in [0.2, 0.25) is 6.79 Å². The van der Waals surface area contributed by atoms with Crippen molar-refractivity contribution in [2.24, 2.45) is 0 Å². The van der Waals surface area contributed by atoms with E-state index in [2.05, 4.69) is 5.32 Å². The second-order valence-corrected chi connectivity index (χ2v) is 5.37. The first-order chi connectivity index (χ1) is 12.1. The van der Waals surface area contributed by atoms with E-state index in [0.29, 0.717) is 34.1 Å². The lowest BCUT2D eigenvalue weighted by Crippen LogP contribution is -2.21. The zero-order valence-electron chi connectivity index (χ0n) is 13.8. The van der Waals surface area contributed by atoms with Crippen molar-refractivity contribution in [2.45, 2.75) is 6.92 Å². The van der Waals surface area contributed by atoms with E-state index in [0.717, 1.165) is 0 Å². The van der Waals surface area contributed by atoms with Gasteiger partial charge in [-0.15, -0.1) is 0 Å². The van der Waals surface area contributed by atoms with Crippen molar-refractivity contribution in [3.05, 3.63) is 47.5 Å². The fourth-order valence-corrected chi connectivity index (χ4v) is 2.37. The SMILES string of the molecule is COc1ccc(C(=O)OCC(=O)Nc2ccc3c(c2)OCO3)c(C)c1. The number of carbonyl (C=O) groups is 2. The zero-order chi connectivity index (χ0) is 17.8. The number of amides is 1. The molecule has 0 fully saturated rings. The maximum atomic E-state index is 12.1. The van der Waals surface area contributed by atoms with E-state index in [1.807, 2.05) is 0 Å². The number of fused-ring (bicyclic) bond motifs is 1. The smallest absolute Gasteiger partial charge is 0.338 e. The highest BCUT2D eigenvalue weighted by atomic mass is 16.7. The van der Waals surface area contributed by atoms with Gasteiger partial charge in [-0.3, -0.25) is 4.79 Å². The van der Waals surface area contributed by atoms with Crippen molar-refractivity contribution in [3.63, 3.8) is 0 Å². The summed E-state index contributed by atoms with van der Waals surface area (Å²) in [5, 5.41) is 2.64. The number of hydrogen-bond acceptors (Lipinski definition) is 6. The Hall–Kier alpha value is -3.22. The molecule has 3 rings (SSSR count). The number of anilines is 1. The summed E-state index contributed by atoms with van der Waals surface area (Å²) in [6, 6.07) is 10.0. The molecule has 0 aromatic heterocycles. The maximum Gasteiger partial charge on any atom is 0.338 e. The molecule has 0 spiro atoms. The van der Waals surface area contributed by atoms with Crippen LogP contribution in [0.2, 0.25) is 0 Å².